The van der Waals surface area contributed by atoms with Gasteiger partial charge in [-0.3, -0.25) is 0 Å². The molecule has 0 radical (unpaired) electrons. The van der Waals surface area contributed by atoms with Gasteiger partial charge >= 0.3 is 5.97 Å². The minimum atomic E-state index is -3.43. The van der Waals surface area contributed by atoms with Gasteiger partial charge in [-0.25, -0.2) is 13.2 Å². The van der Waals surface area contributed by atoms with Gasteiger partial charge in [0.05, 0.1) is 15.5 Å². The molecule has 4 nitrogen and oxygen atoms in total. The van der Waals surface area contributed by atoms with Crippen molar-refractivity contribution in [1.82, 2.24) is 0 Å². The van der Waals surface area contributed by atoms with E-state index in [1.165, 1.54) is 18.2 Å². The number of sulfone groups is 1. The number of rotatable bonds is 3. The average molecular weight is 339 g/mol. The van der Waals surface area contributed by atoms with Crippen LogP contribution in [0.4, 0.5) is 0 Å². The largest absolute Gasteiger partial charge is 0.423 e. The molecule has 0 amide bonds. The molecule has 2 rings (SSSR count). The first kappa shape index (κ1) is 16.5. The molecular weight excluding hydrogens is 324 g/mol. The maximum Gasteiger partial charge on any atom is 0.345 e. The molecule has 0 unspecified atom stereocenters. The van der Waals surface area contributed by atoms with Crippen molar-refractivity contribution in [1.29, 1.82) is 0 Å². The number of esters is 1. The molecule has 0 fully saturated rings. The van der Waals surface area contributed by atoms with Crippen molar-refractivity contribution in [3.05, 3.63) is 58.1 Å². The lowest BCUT2D eigenvalue weighted by molar-refractivity contribution is 0.0733. The standard InChI is InChI=1S/C16H15ClO4S/c1-10-4-7-15(11(2)8-10)21-16(18)13-9-12(22(3,19)20)5-6-14(13)17/h4-9H,1-3H3. The highest BCUT2D eigenvalue weighted by molar-refractivity contribution is 7.90. The molecule has 0 saturated heterocycles. The van der Waals surface area contributed by atoms with Gasteiger partial charge in [-0.15, -0.1) is 0 Å². The molecule has 0 aliphatic carbocycles. The van der Waals surface area contributed by atoms with Crippen molar-refractivity contribution in [3.63, 3.8) is 0 Å². The zero-order valence-electron chi connectivity index (χ0n) is 12.4. The molecule has 0 heterocycles. The summed E-state index contributed by atoms with van der Waals surface area (Å²) in [5, 5.41) is 0.141. The Morgan fingerprint density at radius 2 is 1.77 bits per heavy atom. The highest BCUT2D eigenvalue weighted by Crippen LogP contribution is 2.24. The maximum atomic E-state index is 12.2. The minimum Gasteiger partial charge on any atom is -0.423 e. The van der Waals surface area contributed by atoms with Gasteiger partial charge in [-0.1, -0.05) is 29.3 Å². The number of ether oxygens (including phenoxy) is 1. The van der Waals surface area contributed by atoms with E-state index in [9.17, 15) is 13.2 Å². The lowest BCUT2D eigenvalue weighted by Gasteiger charge is -2.10. The summed E-state index contributed by atoms with van der Waals surface area (Å²) >= 11 is 5.98. The second-order valence-corrected chi connectivity index (χ2v) is 7.50. The maximum absolute atomic E-state index is 12.2. The SMILES string of the molecule is Cc1ccc(OC(=O)c2cc(S(C)(=O)=O)ccc2Cl)c(C)c1. The first-order valence-corrected chi connectivity index (χ1v) is 8.74. The highest BCUT2D eigenvalue weighted by atomic mass is 35.5. The predicted octanol–water partition coefficient (Wildman–Crippen LogP) is 3.58. The van der Waals surface area contributed by atoms with Gasteiger partial charge in [0, 0.05) is 6.26 Å². The third-order valence-electron chi connectivity index (χ3n) is 3.12. The van der Waals surface area contributed by atoms with E-state index in [1.807, 2.05) is 26.0 Å². The van der Waals surface area contributed by atoms with Gasteiger partial charge in [0.15, 0.2) is 9.84 Å². The normalized spacial score (nSPS) is 11.3. The summed E-state index contributed by atoms with van der Waals surface area (Å²) in [5.41, 5.74) is 1.88. The number of hydrogen-bond acceptors (Lipinski definition) is 4. The molecular formula is C16H15ClO4S. The fraction of sp³-hybridized carbons (Fsp3) is 0.188. The number of benzene rings is 2. The van der Waals surface area contributed by atoms with Crippen molar-refractivity contribution < 1.29 is 17.9 Å². The van der Waals surface area contributed by atoms with E-state index in [1.54, 1.807) is 6.07 Å². The molecule has 0 N–H and O–H groups in total. The zero-order valence-corrected chi connectivity index (χ0v) is 14.0. The summed E-state index contributed by atoms with van der Waals surface area (Å²) in [6.45, 7) is 3.76. The second-order valence-electron chi connectivity index (χ2n) is 5.07. The van der Waals surface area contributed by atoms with Crippen LogP contribution < -0.4 is 4.74 Å². The molecule has 0 atom stereocenters. The van der Waals surface area contributed by atoms with Crippen LogP contribution in [0.5, 0.6) is 5.75 Å². The smallest absolute Gasteiger partial charge is 0.345 e. The summed E-state index contributed by atoms with van der Waals surface area (Å²) in [7, 11) is -3.43. The third kappa shape index (κ3) is 3.67. The van der Waals surface area contributed by atoms with Crippen molar-refractivity contribution in [2.75, 3.05) is 6.26 Å². The van der Waals surface area contributed by atoms with Crippen LogP contribution in [0.15, 0.2) is 41.3 Å². The Bertz CT molecular complexity index is 841. The van der Waals surface area contributed by atoms with E-state index in [4.69, 9.17) is 16.3 Å². The van der Waals surface area contributed by atoms with Crippen molar-refractivity contribution in [2.24, 2.45) is 0 Å². The van der Waals surface area contributed by atoms with Gasteiger partial charge in [-0.05, 0) is 43.7 Å². The lowest BCUT2D eigenvalue weighted by atomic mass is 10.1. The van der Waals surface area contributed by atoms with Gasteiger partial charge in [0.25, 0.3) is 0 Å². The van der Waals surface area contributed by atoms with Crippen LogP contribution >= 0.6 is 11.6 Å². The molecule has 2 aromatic rings. The molecule has 0 saturated carbocycles. The zero-order chi connectivity index (χ0) is 16.5. The van der Waals surface area contributed by atoms with Crippen molar-refractivity contribution in [3.8, 4) is 5.75 Å². The van der Waals surface area contributed by atoms with Crippen LogP contribution in [0.2, 0.25) is 5.02 Å². The Kier molecular flexibility index (Phi) is 4.58. The van der Waals surface area contributed by atoms with Gasteiger partial charge in [0.2, 0.25) is 0 Å². The van der Waals surface area contributed by atoms with E-state index >= 15 is 0 Å². The molecule has 0 aliphatic heterocycles. The molecule has 2 aromatic carbocycles. The molecule has 22 heavy (non-hydrogen) atoms. The van der Waals surface area contributed by atoms with Crippen molar-refractivity contribution >= 4 is 27.4 Å². The van der Waals surface area contributed by atoms with Crippen LogP contribution in [-0.4, -0.2) is 20.6 Å². The van der Waals surface area contributed by atoms with Crippen LogP contribution in [0.1, 0.15) is 21.5 Å². The van der Waals surface area contributed by atoms with Gasteiger partial charge in [-0.2, -0.15) is 0 Å². The fourth-order valence-electron chi connectivity index (χ4n) is 1.96. The first-order valence-electron chi connectivity index (χ1n) is 6.47. The van der Waals surface area contributed by atoms with Crippen LogP contribution in [0, 0.1) is 13.8 Å². The lowest BCUT2D eigenvalue weighted by Crippen LogP contribution is -2.11. The van der Waals surface area contributed by atoms with E-state index in [2.05, 4.69) is 0 Å². The number of carbonyl (C=O) groups is 1. The Hall–Kier alpha value is -1.85. The molecule has 6 heteroatoms. The number of aryl methyl sites for hydroxylation is 2. The third-order valence-corrected chi connectivity index (χ3v) is 4.56. The predicted molar refractivity (Wildman–Crippen MR) is 85.4 cm³/mol. The number of halogens is 1. The van der Waals surface area contributed by atoms with E-state index in [-0.39, 0.29) is 15.5 Å². The van der Waals surface area contributed by atoms with Crippen LogP contribution in [0.25, 0.3) is 0 Å². The molecule has 116 valence electrons. The van der Waals surface area contributed by atoms with E-state index in [0.29, 0.717) is 5.75 Å². The summed E-state index contributed by atoms with van der Waals surface area (Å²) in [4.78, 5) is 12.3. The Balaban J connectivity index is 2.37. The average Bonchev–Trinajstić information content (AvgIpc) is 2.41. The number of carbonyl (C=O) groups excluding carboxylic acids is 1. The van der Waals surface area contributed by atoms with Gasteiger partial charge in [0.1, 0.15) is 5.75 Å². The summed E-state index contributed by atoms with van der Waals surface area (Å²) < 4.78 is 28.5. The van der Waals surface area contributed by atoms with E-state index < -0.39 is 15.8 Å². The molecule has 0 aliphatic rings. The van der Waals surface area contributed by atoms with Crippen molar-refractivity contribution in [2.45, 2.75) is 18.7 Å². The number of hydrogen-bond donors (Lipinski definition) is 0. The van der Waals surface area contributed by atoms with Gasteiger partial charge < -0.3 is 4.74 Å². The molecule has 0 aromatic heterocycles. The summed E-state index contributed by atoms with van der Waals surface area (Å²) in [6, 6.07) is 9.35. The monoisotopic (exact) mass is 338 g/mol. The minimum absolute atomic E-state index is 0.0180. The first-order chi connectivity index (χ1) is 10.2. The summed E-state index contributed by atoms with van der Waals surface area (Å²) in [6.07, 6.45) is 1.06. The van der Waals surface area contributed by atoms with Crippen LogP contribution in [0.3, 0.4) is 0 Å². The quantitative estimate of drug-likeness (QED) is 0.634. The fourth-order valence-corrected chi connectivity index (χ4v) is 2.80. The second kappa shape index (κ2) is 6.10. The Morgan fingerprint density at radius 3 is 2.36 bits per heavy atom. The topological polar surface area (TPSA) is 60.4 Å². The molecule has 0 spiro atoms. The highest BCUT2D eigenvalue weighted by Gasteiger charge is 2.18. The summed E-state index contributed by atoms with van der Waals surface area (Å²) in [5.74, 6) is -0.279. The van der Waals surface area contributed by atoms with E-state index in [0.717, 1.165) is 17.4 Å². The Labute approximate surface area is 134 Å². The molecule has 0 bridgehead atoms. The Morgan fingerprint density at radius 1 is 1.09 bits per heavy atom. The van der Waals surface area contributed by atoms with Crippen LogP contribution in [-0.2, 0) is 9.84 Å².